The van der Waals surface area contributed by atoms with E-state index >= 15 is 4.39 Å². The third-order valence-electron chi connectivity index (χ3n) is 8.00. The lowest BCUT2D eigenvalue weighted by molar-refractivity contribution is 0.0366. The molecular formula is C29H30FN3O3S. The van der Waals surface area contributed by atoms with Crippen LogP contribution in [-0.2, 0) is 5.75 Å². The SMILES string of the molecule is CCCCC1CCN2C(=O)c3c(O)c(=O)ccn3N([C@@H]3c4ccccc4SCc4cccc(F)c43)C2C1. The minimum absolute atomic E-state index is 0.0528. The Bertz CT molecular complexity index is 1420. The van der Waals surface area contributed by atoms with Crippen LogP contribution in [0.3, 0.4) is 0 Å². The Morgan fingerprint density at radius 1 is 1.11 bits per heavy atom. The second kappa shape index (κ2) is 9.56. The summed E-state index contributed by atoms with van der Waals surface area (Å²) in [4.78, 5) is 29.0. The molecule has 1 aromatic heterocycles. The Labute approximate surface area is 219 Å². The monoisotopic (exact) mass is 519 g/mol. The molecule has 1 N–H and O–H groups in total. The van der Waals surface area contributed by atoms with Crippen LogP contribution in [0.1, 0.15) is 72.2 Å². The summed E-state index contributed by atoms with van der Waals surface area (Å²) in [5.41, 5.74) is 1.78. The topological polar surface area (TPSA) is 65.8 Å². The van der Waals surface area contributed by atoms with Crippen molar-refractivity contribution in [2.75, 3.05) is 11.6 Å². The van der Waals surface area contributed by atoms with E-state index in [0.29, 0.717) is 23.8 Å². The first-order chi connectivity index (χ1) is 18.0. The summed E-state index contributed by atoms with van der Waals surface area (Å²) >= 11 is 1.67. The van der Waals surface area contributed by atoms with Crippen LogP contribution in [0.15, 0.2) is 64.4 Å². The fourth-order valence-corrected chi connectivity index (χ4v) is 7.26. The van der Waals surface area contributed by atoms with Crippen molar-refractivity contribution < 1.29 is 14.3 Å². The molecule has 8 heteroatoms. The maximum Gasteiger partial charge on any atom is 0.278 e. The number of fused-ring (bicyclic) bond motifs is 4. The van der Waals surface area contributed by atoms with Crippen molar-refractivity contribution in [3.8, 4) is 5.75 Å². The number of carbonyl (C=O) groups excluding carboxylic acids is 1. The van der Waals surface area contributed by atoms with E-state index in [0.717, 1.165) is 48.1 Å². The Balaban J connectivity index is 1.61. The van der Waals surface area contributed by atoms with Crippen LogP contribution in [0.4, 0.5) is 4.39 Å². The minimum atomic E-state index is -0.598. The van der Waals surface area contributed by atoms with Crippen molar-refractivity contribution in [1.29, 1.82) is 0 Å². The zero-order valence-electron chi connectivity index (χ0n) is 20.8. The van der Waals surface area contributed by atoms with Gasteiger partial charge >= 0.3 is 0 Å². The highest BCUT2D eigenvalue weighted by atomic mass is 32.2. The predicted octanol–water partition coefficient (Wildman–Crippen LogP) is 5.41. The summed E-state index contributed by atoms with van der Waals surface area (Å²) in [6, 6.07) is 14.0. The Morgan fingerprint density at radius 3 is 2.78 bits per heavy atom. The molecule has 1 saturated heterocycles. The Morgan fingerprint density at radius 2 is 1.95 bits per heavy atom. The van der Waals surface area contributed by atoms with Crippen molar-refractivity contribution in [2.45, 2.75) is 61.9 Å². The van der Waals surface area contributed by atoms with Crippen LogP contribution < -0.4 is 10.4 Å². The maximum absolute atomic E-state index is 15.8. The van der Waals surface area contributed by atoms with E-state index in [2.05, 4.69) is 13.0 Å². The largest absolute Gasteiger partial charge is 0.502 e. The van der Waals surface area contributed by atoms with Crippen LogP contribution in [0.5, 0.6) is 5.75 Å². The third kappa shape index (κ3) is 3.93. The smallest absolute Gasteiger partial charge is 0.278 e. The summed E-state index contributed by atoms with van der Waals surface area (Å²) in [7, 11) is 0. The normalized spacial score (nSPS) is 22.5. The molecule has 37 heavy (non-hydrogen) atoms. The van der Waals surface area contributed by atoms with E-state index in [4.69, 9.17) is 0 Å². The number of benzene rings is 2. The summed E-state index contributed by atoms with van der Waals surface area (Å²) in [6.45, 7) is 2.71. The summed E-state index contributed by atoms with van der Waals surface area (Å²) in [5, 5.41) is 12.8. The van der Waals surface area contributed by atoms with Gasteiger partial charge in [-0.2, -0.15) is 0 Å². The highest BCUT2D eigenvalue weighted by Gasteiger charge is 2.47. The van der Waals surface area contributed by atoms with E-state index in [1.54, 1.807) is 33.6 Å². The van der Waals surface area contributed by atoms with Gasteiger partial charge in [-0.25, -0.2) is 4.39 Å². The molecule has 3 aromatic rings. The van der Waals surface area contributed by atoms with Gasteiger partial charge in [0, 0.05) is 35.0 Å². The highest BCUT2D eigenvalue weighted by Crippen LogP contribution is 2.46. The average Bonchev–Trinajstić information content (AvgIpc) is 3.07. The van der Waals surface area contributed by atoms with Crippen molar-refractivity contribution in [1.82, 2.24) is 9.58 Å². The lowest BCUT2D eigenvalue weighted by Gasteiger charge is -2.53. The van der Waals surface area contributed by atoms with Gasteiger partial charge in [0.2, 0.25) is 5.43 Å². The number of thioether (sulfide) groups is 1. The first kappa shape index (κ1) is 24.1. The van der Waals surface area contributed by atoms with Crippen molar-refractivity contribution in [3.05, 3.63) is 93.2 Å². The molecule has 192 valence electrons. The van der Waals surface area contributed by atoms with Gasteiger partial charge in [0.05, 0.1) is 0 Å². The zero-order valence-corrected chi connectivity index (χ0v) is 21.6. The molecule has 0 saturated carbocycles. The molecule has 3 aliphatic rings. The van der Waals surface area contributed by atoms with Gasteiger partial charge in [-0.1, -0.05) is 56.5 Å². The molecule has 4 heterocycles. The van der Waals surface area contributed by atoms with Gasteiger partial charge in [-0.05, 0) is 42.0 Å². The molecule has 6 nitrogen and oxygen atoms in total. The minimum Gasteiger partial charge on any atom is -0.502 e. The van der Waals surface area contributed by atoms with Crippen molar-refractivity contribution in [2.24, 2.45) is 5.92 Å². The maximum atomic E-state index is 15.8. The number of unbranched alkanes of at least 4 members (excludes halogenated alkanes) is 1. The number of piperidine rings is 1. The van der Waals surface area contributed by atoms with Crippen LogP contribution in [0.2, 0.25) is 0 Å². The second-order valence-corrected chi connectivity index (χ2v) is 11.2. The van der Waals surface area contributed by atoms with Gasteiger partial charge in [-0.3, -0.25) is 19.3 Å². The van der Waals surface area contributed by atoms with Gasteiger partial charge in [0.15, 0.2) is 11.4 Å². The molecule has 6 rings (SSSR count). The molecule has 3 aliphatic heterocycles. The zero-order chi connectivity index (χ0) is 25.7. The van der Waals surface area contributed by atoms with E-state index in [9.17, 15) is 14.7 Å². The molecule has 0 bridgehead atoms. The lowest BCUT2D eigenvalue weighted by Crippen LogP contribution is -2.64. The van der Waals surface area contributed by atoms with Crippen LogP contribution in [0.25, 0.3) is 0 Å². The van der Waals surface area contributed by atoms with Crippen LogP contribution in [-0.4, -0.2) is 33.3 Å². The van der Waals surface area contributed by atoms with E-state index < -0.39 is 17.2 Å². The number of nitrogens with zero attached hydrogens (tertiary/aromatic N) is 3. The number of amides is 1. The Kier molecular flexibility index (Phi) is 6.23. The number of halogens is 1. The highest BCUT2D eigenvalue weighted by molar-refractivity contribution is 7.98. The Hall–Kier alpha value is -3.26. The molecule has 3 atom stereocenters. The van der Waals surface area contributed by atoms with Crippen LogP contribution >= 0.6 is 11.8 Å². The van der Waals surface area contributed by atoms with Gasteiger partial charge in [0.1, 0.15) is 18.0 Å². The third-order valence-corrected chi connectivity index (χ3v) is 9.14. The average molecular weight is 520 g/mol. The molecule has 0 spiro atoms. The number of carbonyl (C=O) groups is 1. The number of aromatic hydroxyl groups is 1. The molecule has 0 aliphatic carbocycles. The summed E-state index contributed by atoms with van der Waals surface area (Å²) in [6.07, 6.45) is 6.14. The fraction of sp³-hybridized carbons (Fsp3) is 0.379. The molecule has 2 unspecified atom stereocenters. The fourth-order valence-electron chi connectivity index (χ4n) is 6.18. The van der Waals surface area contributed by atoms with Crippen LogP contribution in [0, 0.1) is 11.7 Å². The molecule has 0 radical (unpaired) electrons. The van der Waals surface area contributed by atoms with E-state index in [1.165, 1.54) is 12.1 Å². The number of aromatic nitrogens is 1. The molecular weight excluding hydrogens is 489 g/mol. The van der Waals surface area contributed by atoms with Gasteiger partial charge < -0.3 is 10.0 Å². The molecule has 1 amide bonds. The predicted molar refractivity (Wildman–Crippen MR) is 142 cm³/mol. The number of hydrogen-bond donors (Lipinski definition) is 1. The quantitative estimate of drug-likeness (QED) is 0.500. The first-order valence-corrected chi connectivity index (χ1v) is 14.0. The number of rotatable bonds is 4. The van der Waals surface area contributed by atoms with Gasteiger partial charge in [-0.15, -0.1) is 11.8 Å². The number of pyridine rings is 1. The van der Waals surface area contributed by atoms with Gasteiger partial charge in [0.25, 0.3) is 5.91 Å². The standard InChI is InChI=1S/C29H30FN3O3S/c1-2-3-7-18-12-14-31-24(16-18)33(32-15-13-22(34)28(35)27(32)29(31)36)26-20-9-4-5-11-23(20)37-17-19-8-6-10-21(30)25(19)26/h4-6,8-11,13,15,18,24,26,35H,2-3,7,12,14,16-17H2,1H3/t18?,24?,26-/m1/s1. The molecule has 2 aromatic carbocycles. The lowest BCUT2D eigenvalue weighted by atomic mass is 9.87. The van der Waals surface area contributed by atoms with E-state index in [-0.39, 0.29) is 23.6 Å². The molecule has 1 fully saturated rings. The summed E-state index contributed by atoms with van der Waals surface area (Å²) < 4.78 is 17.4. The van der Waals surface area contributed by atoms with Crippen molar-refractivity contribution >= 4 is 17.7 Å². The van der Waals surface area contributed by atoms with Crippen molar-refractivity contribution in [3.63, 3.8) is 0 Å². The van der Waals surface area contributed by atoms with E-state index in [1.807, 2.05) is 29.3 Å². The second-order valence-electron chi connectivity index (χ2n) is 10.2. The first-order valence-electron chi connectivity index (χ1n) is 13.0. The number of hydrogen-bond acceptors (Lipinski definition) is 5. The summed E-state index contributed by atoms with van der Waals surface area (Å²) in [5.74, 6) is -0.150.